The molecular formula is C14H24Cl2SiZr. The van der Waals surface area contributed by atoms with Gasteiger partial charge in [-0.3, -0.25) is 0 Å². The van der Waals surface area contributed by atoms with E-state index in [1.165, 1.54) is 18.4 Å². The molecule has 4 heteroatoms. The average Bonchev–Trinajstić information content (AvgIpc) is 2.76. The number of rotatable bonds is 2. The van der Waals surface area contributed by atoms with E-state index in [-0.39, 0.29) is 24.8 Å². The van der Waals surface area contributed by atoms with Crippen LogP contribution in [0.3, 0.4) is 0 Å². The molecule has 0 heterocycles. The Morgan fingerprint density at radius 1 is 1.11 bits per heavy atom. The molecule has 0 spiro atoms. The molecule has 102 valence electrons. The molecule has 0 fully saturated rings. The predicted octanol–water partition coefficient (Wildman–Crippen LogP) is 4.63. The Kier molecular flexibility index (Phi) is 6.17. The standard InChI is InChI=1S/C7H9.C5H5.2CH3.2ClH.H2Si.Zr/c1-6-4-3-5-7(6)2;1-2-4-5-3-1;;;;;;/h4H,5H2,1-2H3;1-3H,4H2;2*1H3;2*1H;1H2;. The fourth-order valence-electron chi connectivity index (χ4n) is 2.62. The predicted molar refractivity (Wildman–Crippen MR) is 87.7 cm³/mol. The zero-order valence-corrected chi connectivity index (χ0v) is 17.3. The molecule has 0 unspecified atom stereocenters. The van der Waals surface area contributed by atoms with E-state index in [0.717, 1.165) is 0 Å². The number of hydrogen-bond donors (Lipinski definition) is 0. The summed E-state index contributed by atoms with van der Waals surface area (Å²) in [5.74, 6) is 0. The van der Waals surface area contributed by atoms with Crippen LogP contribution in [0.5, 0.6) is 0 Å². The minimum absolute atomic E-state index is 0. The van der Waals surface area contributed by atoms with Gasteiger partial charge in [0.25, 0.3) is 0 Å². The van der Waals surface area contributed by atoms with Crippen LogP contribution in [0.4, 0.5) is 0 Å². The van der Waals surface area contributed by atoms with E-state index in [4.69, 9.17) is 0 Å². The zero-order valence-electron chi connectivity index (χ0n) is 11.7. The van der Waals surface area contributed by atoms with Crippen molar-refractivity contribution in [1.29, 1.82) is 0 Å². The van der Waals surface area contributed by atoms with Crippen molar-refractivity contribution < 1.29 is 17.4 Å². The second-order valence-corrected chi connectivity index (χ2v) is 35.2. The molecule has 0 atom stereocenters. The molecule has 0 saturated carbocycles. The van der Waals surface area contributed by atoms with Crippen molar-refractivity contribution in [3.8, 4) is 0 Å². The van der Waals surface area contributed by atoms with Crippen molar-refractivity contribution in [3.05, 3.63) is 42.0 Å². The summed E-state index contributed by atoms with van der Waals surface area (Å²) >= 11 is -2.71. The van der Waals surface area contributed by atoms with Gasteiger partial charge < -0.3 is 0 Å². The van der Waals surface area contributed by atoms with Crippen LogP contribution in [-0.4, -0.2) is 6.88 Å². The quantitative estimate of drug-likeness (QED) is 0.611. The van der Waals surface area contributed by atoms with Gasteiger partial charge in [-0.2, -0.15) is 0 Å². The third kappa shape index (κ3) is 3.20. The van der Waals surface area contributed by atoms with E-state index < -0.39 is 17.4 Å². The van der Waals surface area contributed by atoms with Crippen LogP contribution in [0.1, 0.15) is 26.7 Å². The normalized spacial score (nSPS) is 19.2. The maximum Gasteiger partial charge on any atom is -0.147 e. The second-order valence-electron chi connectivity index (χ2n) is 6.32. The Hall–Kier alpha value is 0.640. The summed E-state index contributed by atoms with van der Waals surface area (Å²) in [5, 5.41) is 0. The third-order valence-corrected chi connectivity index (χ3v) is 21.6. The number of hydrogen-bond acceptors (Lipinski definition) is 0. The summed E-state index contributed by atoms with van der Waals surface area (Å²) in [5.41, 5.74) is 3.09. The van der Waals surface area contributed by atoms with Crippen LogP contribution in [0, 0.1) is 0 Å². The van der Waals surface area contributed by atoms with Crippen molar-refractivity contribution in [2.75, 3.05) is 0 Å². The fraction of sp³-hybridized carbons (Fsp3) is 0.429. The maximum atomic E-state index is 2.59. The summed E-state index contributed by atoms with van der Waals surface area (Å²) < 4.78 is 8.73. The van der Waals surface area contributed by atoms with Crippen LogP contribution >= 0.6 is 24.8 Å². The molecule has 18 heavy (non-hydrogen) atoms. The molecule has 0 aromatic carbocycles. The Morgan fingerprint density at radius 3 is 2.11 bits per heavy atom. The monoisotopic (exact) mass is 380 g/mol. The maximum absolute atomic E-state index is 2.71. The van der Waals surface area contributed by atoms with Gasteiger partial charge in [-0.05, 0) is 0 Å². The molecule has 0 N–H and O–H groups in total. The Bertz CT molecular complexity index is 530. The minimum atomic E-state index is -2.71. The van der Waals surface area contributed by atoms with E-state index in [1.807, 2.05) is 0 Å². The molecule has 0 radical (unpaired) electrons. The topological polar surface area (TPSA) is 0 Å². The van der Waals surface area contributed by atoms with Gasteiger partial charge in [-0.15, -0.1) is 24.8 Å². The van der Waals surface area contributed by atoms with Crippen molar-refractivity contribution in [2.45, 2.75) is 36.0 Å². The average molecular weight is 383 g/mol. The molecule has 2 rings (SSSR count). The van der Waals surface area contributed by atoms with Crippen LogP contribution in [0.15, 0.2) is 42.0 Å². The van der Waals surface area contributed by atoms with Crippen molar-refractivity contribution in [3.63, 3.8) is 0 Å². The molecule has 0 aliphatic heterocycles. The number of allylic oxidation sites excluding steroid dienone is 8. The van der Waals surface area contributed by atoms with Gasteiger partial charge >= 0.3 is 102 Å². The van der Waals surface area contributed by atoms with E-state index in [1.54, 1.807) is 12.1 Å². The van der Waals surface area contributed by atoms with Crippen LogP contribution in [0.25, 0.3) is 0 Å². The van der Waals surface area contributed by atoms with Gasteiger partial charge in [0.1, 0.15) is 0 Å². The molecule has 0 amide bonds. The van der Waals surface area contributed by atoms with Crippen LogP contribution in [0.2, 0.25) is 9.26 Å². The van der Waals surface area contributed by atoms with E-state index in [0.29, 0.717) is 0 Å². The van der Waals surface area contributed by atoms with Gasteiger partial charge in [-0.1, -0.05) is 0 Å². The van der Waals surface area contributed by atoms with Crippen molar-refractivity contribution in [2.24, 2.45) is 0 Å². The molecule has 0 aromatic heterocycles. The smallest absolute Gasteiger partial charge is 0.147 e. The van der Waals surface area contributed by atoms with Gasteiger partial charge in [0.15, 0.2) is 0 Å². The van der Waals surface area contributed by atoms with E-state index in [9.17, 15) is 0 Å². The fourth-order valence-corrected chi connectivity index (χ4v) is 13.7. The molecule has 0 aromatic rings. The molecule has 0 bridgehead atoms. The molecular weight excluding hydrogens is 358 g/mol. The van der Waals surface area contributed by atoms with Gasteiger partial charge in [-0.25, -0.2) is 0 Å². The minimum Gasteiger partial charge on any atom is -0.147 e. The first-order valence-electron chi connectivity index (χ1n) is 6.11. The molecule has 0 saturated heterocycles. The summed E-state index contributed by atoms with van der Waals surface area (Å²) in [6.45, 7) is 6.89. The van der Waals surface area contributed by atoms with Gasteiger partial charge in [0.05, 0.1) is 0 Å². The Balaban J connectivity index is 0.00000144. The van der Waals surface area contributed by atoms with Crippen LogP contribution < -0.4 is 0 Å². The van der Waals surface area contributed by atoms with Crippen molar-refractivity contribution in [1.82, 2.24) is 0 Å². The molecule has 2 aliphatic carbocycles. The van der Waals surface area contributed by atoms with Gasteiger partial charge in [0, 0.05) is 0 Å². The Labute approximate surface area is 126 Å². The first-order chi connectivity index (χ1) is 7.30. The molecule has 2 aliphatic rings. The summed E-state index contributed by atoms with van der Waals surface area (Å²) in [6.07, 6.45) is 11.9. The van der Waals surface area contributed by atoms with Gasteiger partial charge in [0.2, 0.25) is 0 Å². The Morgan fingerprint density at radius 2 is 1.72 bits per heavy atom. The van der Waals surface area contributed by atoms with Crippen LogP contribution in [-0.2, 0) is 17.4 Å². The van der Waals surface area contributed by atoms with E-state index in [2.05, 4.69) is 54.3 Å². The molecule has 0 nitrogen and oxygen atoms in total. The largest absolute Gasteiger partial charge is 0.147 e. The number of halogens is 2. The zero-order chi connectivity index (χ0) is 12.0. The first kappa shape index (κ1) is 18.6. The summed E-state index contributed by atoms with van der Waals surface area (Å²) in [6, 6.07) is 0. The first-order valence-corrected chi connectivity index (χ1v) is 19.4. The summed E-state index contributed by atoms with van der Waals surface area (Å²) in [4.78, 5) is 0. The second kappa shape index (κ2) is 5.95. The SMILES string of the molecule is CC1=C(C)C[C]([Zr]([CH3])([CH3])(=[SiH2])[C]2=CC=CC2)=C1.Cl.Cl. The third-order valence-electron chi connectivity index (χ3n) is 4.35. The van der Waals surface area contributed by atoms with Crippen molar-refractivity contribution >= 4 is 31.7 Å². The summed E-state index contributed by atoms with van der Waals surface area (Å²) in [7, 11) is 0. The van der Waals surface area contributed by atoms with E-state index >= 15 is 0 Å².